The highest BCUT2D eigenvalue weighted by atomic mass is 14.9. The summed E-state index contributed by atoms with van der Waals surface area (Å²) < 4.78 is 0. The molecule has 1 aliphatic rings. The van der Waals surface area contributed by atoms with Crippen molar-refractivity contribution >= 4 is 0 Å². The minimum atomic E-state index is 0.533. The summed E-state index contributed by atoms with van der Waals surface area (Å²) in [6, 6.07) is 20.3. The second-order valence-corrected chi connectivity index (χ2v) is 6.14. The Morgan fingerprint density at radius 2 is 1.76 bits per heavy atom. The van der Waals surface area contributed by atoms with Crippen LogP contribution in [0.1, 0.15) is 42.0 Å². The maximum atomic E-state index is 3.56. The van der Waals surface area contributed by atoms with Crippen molar-refractivity contribution in [1.29, 1.82) is 0 Å². The molecule has 0 fully saturated rings. The second kappa shape index (κ2) is 6.91. The van der Waals surface area contributed by atoms with Gasteiger partial charge in [-0.05, 0) is 61.8 Å². The van der Waals surface area contributed by atoms with Gasteiger partial charge < -0.3 is 5.32 Å². The lowest BCUT2D eigenvalue weighted by Crippen LogP contribution is -2.30. The molecule has 0 aromatic heterocycles. The largest absolute Gasteiger partial charge is 0.313 e. The monoisotopic (exact) mass is 279 g/mol. The zero-order valence-electron chi connectivity index (χ0n) is 12.9. The molecular formula is C20H25N. The summed E-state index contributed by atoms with van der Waals surface area (Å²) in [5.74, 6) is 0.772. The third-order valence-electron chi connectivity index (χ3n) is 4.84. The van der Waals surface area contributed by atoms with E-state index in [0.29, 0.717) is 6.04 Å². The van der Waals surface area contributed by atoms with E-state index in [9.17, 15) is 0 Å². The van der Waals surface area contributed by atoms with Gasteiger partial charge in [-0.3, -0.25) is 0 Å². The van der Waals surface area contributed by atoms with Crippen LogP contribution in [0.5, 0.6) is 0 Å². The molecule has 1 aliphatic carbocycles. The van der Waals surface area contributed by atoms with Crippen LogP contribution in [0.4, 0.5) is 0 Å². The van der Waals surface area contributed by atoms with Crippen LogP contribution in [0.3, 0.4) is 0 Å². The molecule has 110 valence electrons. The van der Waals surface area contributed by atoms with E-state index in [-0.39, 0.29) is 0 Å². The predicted molar refractivity (Wildman–Crippen MR) is 89.4 cm³/mol. The fraction of sp³-hybridized carbons (Fsp3) is 0.400. The van der Waals surface area contributed by atoms with Crippen LogP contribution in [0.2, 0.25) is 0 Å². The minimum absolute atomic E-state index is 0.533. The molecule has 0 bridgehead atoms. The number of hydrogen-bond acceptors (Lipinski definition) is 1. The third-order valence-corrected chi connectivity index (χ3v) is 4.84. The Labute approximate surface area is 128 Å². The molecule has 1 nitrogen and oxygen atoms in total. The first-order valence-electron chi connectivity index (χ1n) is 8.17. The van der Waals surface area contributed by atoms with Gasteiger partial charge in [0, 0.05) is 6.04 Å². The van der Waals surface area contributed by atoms with Gasteiger partial charge >= 0.3 is 0 Å². The van der Waals surface area contributed by atoms with Crippen LogP contribution >= 0.6 is 0 Å². The molecule has 0 spiro atoms. The van der Waals surface area contributed by atoms with Crippen molar-refractivity contribution in [3.05, 3.63) is 71.3 Å². The van der Waals surface area contributed by atoms with E-state index in [1.54, 1.807) is 0 Å². The highest BCUT2D eigenvalue weighted by Crippen LogP contribution is 2.36. The quantitative estimate of drug-likeness (QED) is 0.847. The standard InChI is InChI=1S/C20H25N/c1-21-20-18(12-7-10-16-8-3-2-4-9-16)15-14-17-11-5-6-13-19(17)20/h2-6,8-9,11,13,18,20-21H,7,10,12,14-15H2,1H3. The normalized spacial score (nSPS) is 21.0. The Kier molecular flexibility index (Phi) is 4.72. The minimum Gasteiger partial charge on any atom is -0.313 e. The average molecular weight is 279 g/mol. The molecule has 2 atom stereocenters. The predicted octanol–water partition coefficient (Wildman–Crippen LogP) is 4.53. The number of hydrogen-bond donors (Lipinski definition) is 1. The summed E-state index contributed by atoms with van der Waals surface area (Å²) in [6.45, 7) is 0. The Morgan fingerprint density at radius 3 is 2.57 bits per heavy atom. The van der Waals surface area contributed by atoms with E-state index < -0.39 is 0 Å². The van der Waals surface area contributed by atoms with Gasteiger partial charge in [0.1, 0.15) is 0 Å². The summed E-state index contributed by atoms with van der Waals surface area (Å²) >= 11 is 0. The lowest BCUT2D eigenvalue weighted by Gasteiger charge is -2.33. The highest BCUT2D eigenvalue weighted by Gasteiger charge is 2.27. The summed E-state index contributed by atoms with van der Waals surface area (Å²) in [5, 5.41) is 3.56. The molecule has 0 amide bonds. The maximum absolute atomic E-state index is 3.56. The maximum Gasteiger partial charge on any atom is 0.0349 e. The summed E-state index contributed by atoms with van der Waals surface area (Å²) in [7, 11) is 2.11. The first kappa shape index (κ1) is 14.3. The highest BCUT2D eigenvalue weighted by molar-refractivity contribution is 5.33. The van der Waals surface area contributed by atoms with Gasteiger partial charge in [-0.1, -0.05) is 54.6 Å². The van der Waals surface area contributed by atoms with Gasteiger partial charge in [0.25, 0.3) is 0 Å². The van der Waals surface area contributed by atoms with E-state index in [0.717, 1.165) is 5.92 Å². The topological polar surface area (TPSA) is 12.0 Å². The van der Waals surface area contributed by atoms with Gasteiger partial charge in [-0.2, -0.15) is 0 Å². The molecule has 2 aromatic rings. The molecule has 0 radical (unpaired) electrons. The van der Waals surface area contributed by atoms with Crippen molar-refractivity contribution in [1.82, 2.24) is 5.32 Å². The van der Waals surface area contributed by atoms with E-state index >= 15 is 0 Å². The van der Waals surface area contributed by atoms with Crippen molar-refractivity contribution in [3.63, 3.8) is 0 Å². The summed E-state index contributed by atoms with van der Waals surface area (Å²) in [5.41, 5.74) is 4.53. The van der Waals surface area contributed by atoms with Gasteiger partial charge in [-0.15, -0.1) is 0 Å². The Bertz CT molecular complexity index is 561. The van der Waals surface area contributed by atoms with Crippen molar-refractivity contribution < 1.29 is 0 Å². The Balaban J connectivity index is 1.61. The smallest absolute Gasteiger partial charge is 0.0349 e. The zero-order valence-corrected chi connectivity index (χ0v) is 12.9. The third kappa shape index (κ3) is 3.36. The number of fused-ring (bicyclic) bond motifs is 1. The van der Waals surface area contributed by atoms with Crippen LogP contribution in [0.25, 0.3) is 0 Å². The molecule has 2 unspecified atom stereocenters. The Hall–Kier alpha value is -1.60. The molecule has 1 heteroatoms. The molecule has 1 N–H and O–H groups in total. The van der Waals surface area contributed by atoms with Crippen LogP contribution in [0, 0.1) is 5.92 Å². The van der Waals surface area contributed by atoms with E-state index in [4.69, 9.17) is 0 Å². The molecule has 3 rings (SSSR count). The first-order chi connectivity index (χ1) is 10.4. The lowest BCUT2D eigenvalue weighted by molar-refractivity contribution is 0.311. The first-order valence-corrected chi connectivity index (χ1v) is 8.17. The van der Waals surface area contributed by atoms with Crippen molar-refractivity contribution in [2.45, 2.75) is 38.1 Å². The van der Waals surface area contributed by atoms with Crippen LogP contribution in [0.15, 0.2) is 54.6 Å². The van der Waals surface area contributed by atoms with Gasteiger partial charge in [0.2, 0.25) is 0 Å². The van der Waals surface area contributed by atoms with Crippen LogP contribution in [-0.4, -0.2) is 7.05 Å². The number of aryl methyl sites for hydroxylation is 2. The van der Waals surface area contributed by atoms with Gasteiger partial charge in [0.15, 0.2) is 0 Å². The van der Waals surface area contributed by atoms with Crippen LogP contribution in [-0.2, 0) is 12.8 Å². The molecule has 0 heterocycles. The van der Waals surface area contributed by atoms with E-state index in [1.807, 2.05) is 0 Å². The zero-order chi connectivity index (χ0) is 14.5. The van der Waals surface area contributed by atoms with E-state index in [1.165, 1.54) is 48.8 Å². The number of rotatable bonds is 5. The summed E-state index contributed by atoms with van der Waals surface area (Å²) in [6.07, 6.45) is 6.36. The molecule has 2 aromatic carbocycles. The SMILES string of the molecule is CNC1c2ccccc2CCC1CCCc1ccccc1. The Morgan fingerprint density at radius 1 is 1.00 bits per heavy atom. The number of nitrogens with one attached hydrogen (secondary N) is 1. The van der Waals surface area contributed by atoms with Crippen LogP contribution < -0.4 is 5.32 Å². The fourth-order valence-corrected chi connectivity index (χ4v) is 3.74. The number of benzene rings is 2. The van der Waals surface area contributed by atoms with Gasteiger partial charge in [0.05, 0.1) is 0 Å². The fourth-order valence-electron chi connectivity index (χ4n) is 3.74. The molecule has 0 aliphatic heterocycles. The average Bonchev–Trinajstić information content (AvgIpc) is 2.55. The molecule has 0 saturated heterocycles. The molecule has 0 saturated carbocycles. The second-order valence-electron chi connectivity index (χ2n) is 6.14. The van der Waals surface area contributed by atoms with E-state index in [2.05, 4.69) is 67.0 Å². The van der Waals surface area contributed by atoms with Crippen molar-refractivity contribution in [2.24, 2.45) is 5.92 Å². The van der Waals surface area contributed by atoms with Gasteiger partial charge in [-0.25, -0.2) is 0 Å². The van der Waals surface area contributed by atoms with Crippen molar-refractivity contribution in [3.8, 4) is 0 Å². The molecular weight excluding hydrogens is 254 g/mol. The molecule has 21 heavy (non-hydrogen) atoms. The van der Waals surface area contributed by atoms with Crippen molar-refractivity contribution in [2.75, 3.05) is 7.05 Å². The lowest BCUT2D eigenvalue weighted by atomic mass is 9.77. The summed E-state index contributed by atoms with van der Waals surface area (Å²) in [4.78, 5) is 0.